The van der Waals surface area contributed by atoms with Crippen LogP contribution in [0.4, 0.5) is 0 Å². The molecule has 0 fully saturated rings. The molecule has 0 saturated carbocycles. The molecule has 0 aliphatic rings. The Balaban J connectivity index is 1.46. The summed E-state index contributed by atoms with van der Waals surface area (Å²) in [5, 5.41) is 11.2. The average molecular weight is 416 g/mol. The number of aryl methyl sites for hydroxylation is 2. The summed E-state index contributed by atoms with van der Waals surface area (Å²) < 4.78 is 16.8. The Morgan fingerprint density at radius 1 is 1.28 bits per heavy atom. The third kappa shape index (κ3) is 5.92. The molecule has 0 aliphatic carbocycles. The minimum absolute atomic E-state index is 0.335. The molecule has 1 aromatic carbocycles. The van der Waals surface area contributed by atoms with E-state index in [2.05, 4.69) is 4.98 Å². The van der Waals surface area contributed by atoms with Crippen LogP contribution < -0.4 is 4.74 Å². The molecule has 2 aromatic heterocycles. The van der Waals surface area contributed by atoms with Crippen molar-refractivity contribution in [3.63, 3.8) is 0 Å². The van der Waals surface area contributed by atoms with Crippen LogP contribution in [-0.4, -0.2) is 35.4 Å². The number of hydrogen-bond acceptors (Lipinski definition) is 6. The van der Waals surface area contributed by atoms with Gasteiger partial charge in [0.05, 0.1) is 17.2 Å². The van der Waals surface area contributed by atoms with E-state index in [9.17, 15) is 9.90 Å². The van der Waals surface area contributed by atoms with Gasteiger partial charge in [-0.1, -0.05) is 18.2 Å². The van der Waals surface area contributed by atoms with Crippen LogP contribution >= 0.6 is 11.3 Å². The zero-order chi connectivity index (χ0) is 20.6. The van der Waals surface area contributed by atoms with Crippen molar-refractivity contribution in [3.8, 4) is 16.5 Å². The van der Waals surface area contributed by atoms with Gasteiger partial charge in [-0.2, -0.15) is 0 Å². The molecular formula is C22H25NO5S. The quantitative estimate of drug-likeness (QED) is 0.455. The highest BCUT2D eigenvalue weighted by atomic mass is 32.1. The van der Waals surface area contributed by atoms with E-state index < -0.39 is 12.1 Å². The van der Waals surface area contributed by atoms with Crippen molar-refractivity contribution < 1.29 is 23.8 Å². The fraction of sp³-hybridized carbons (Fsp3) is 0.364. The zero-order valence-corrected chi connectivity index (χ0v) is 17.4. The molecule has 0 aliphatic heterocycles. The second-order valence-corrected chi connectivity index (χ2v) is 7.53. The van der Waals surface area contributed by atoms with Gasteiger partial charge in [-0.25, -0.2) is 9.78 Å². The second-order valence-electron chi connectivity index (χ2n) is 6.58. The lowest BCUT2D eigenvalue weighted by Gasteiger charge is -2.12. The van der Waals surface area contributed by atoms with Gasteiger partial charge in [0.15, 0.2) is 6.10 Å². The largest absolute Gasteiger partial charge is 0.494 e. The monoisotopic (exact) mass is 415 g/mol. The van der Waals surface area contributed by atoms with Gasteiger partial charge in [0.1, 0.15) is 11.5 Å². The molecule has 1 N–H and O–H groups in total. The van der Waals surface area contributed by atoms with Gasteiger partial charge in [-0.3, -0.25) is 0 Å². The molecule has 0 amide bonds. The lowest BCUT2D eigenvalue weighted by atomic mass is 10.1. The summed E-state index contributed by atoms with van der Waals surface area (Å²) in [6.07, 6.45) is 1.12. The summed E-state index contributed by atoms with van der Waals surface area (Å²) in [5.41, 5.74) is 1.86. The Morgan fingerprint density at radius 2 is 2.07 bits per heavy atom. The predicted molar refractivity (Wildman–Crippen MR) is 112 cm³/mol. The van der Waals surface area contributed by atoms with Crippen molar-refractivity contribution in [1.82, 2.24) is 4.98 Å². The summed E-state index contributed by atoms with van der Waals surface area (Å²) in [4.78, 5) is 16.8. The molecular weight excluding hydrogens is 390 g/mol. The summed E-state index contributed by atoms with van der Waals surface area (Å²) >= 11 is 1.61. The van der Waals surface area contributed by atoms with Gasteiger partial charge in [0, 0.05) is 13.0 Å². The number of rotatable bonds is 11. The number of oxazole rings is 1. The van der Waals surface area contributed by atoms with E-state index in [0.29, 0.717) is 25.5 Å². The minimum Gasteiger partial charge on any atom is -0.494 e. The minimum atomic E-state index is -0.947. The summed E-state index contributed by atoms with van der Waals surface area (Å²) in [7, 11) is 0. The zero-order valence-electron chi connectivity index (χ0n) is 16.6. The van der Waals surface area contributed by atoms with Gasteiger partial charge in [0.25, 0.3) is 0 Å². The van der Waals surface area contributed by atoms with Gasteiger partial charge in [-0.05, 0) is 55.8 Å². The van der Waals surface area contributed by atoms with E-state index >= 15 is 0 Å². The maximum Gasteiger partial charge on any atom is 0.333 e. The van der Waals surface area contributed by atoms with Gasteiger partial charge < -0.3 is 19.0 Å². The number of benzene rings is 1. The smallest absolute Gasteiger partial charge is 0.333 e. The van der Waals surface area contributed by atoms with E-state index in [4.69, 9.17) is 13.9 Å². The number of nitrogens with zero attached hydrogens (tertiary/aromatic N) is 1. The Morgan fingerprint density at radius 3 is 2.72 bits per heavy atom. The molecule has 0 saturated heterocycles. The normalized spacial score (nSPS) is 12.1. The maximum atomic E-state index is 11.2. The third-order valence-electron chi connectivity index (χ3n) is 4.44. The third-order valence-corrected chi connectivity index (χ3v) is 5.30. The van der Waals surface area contributed by atoms with Crippen LogP contribution in [0.2, 0.25) is 0 Å². The number of aliphatic carboxylic acids is 1. The molecule has 0 unspecified atom stereocenters. The van der Waals surface area contributed by atoms with Crippen molar-refractivity contribution >= 4 is 17.3 Å². The van der Waals surface area contributed by atoms with Crippen molar-refractivity contribution in [1.29, 1.82) is 0 Å². The number of ether oxygens (including phenoxy) is 2. The standard InChI is InChI=1S/C22H25NO5S/c1-3-26-19(22(24)25)14-16-8-10-17(11-9-16)27-12-4-6-18-15(2)28-21(23-18)20-7-5-13-29-20/h5,7-11,13,19H,3-4,6,12,14H2,1-2H3,(H,24,25)/t19-/m1/s1. The van der Waals surface area contributed by atoms with Gasteiger partial charge in [-0.15, -0.1) is 11.3 Å². The first-order chi connectivity index (χ1) is 14.1. The van der Waals surface area contributed by atoms with Gasteiger partial charge in [0.2, 0.25) is 5.89 Å². The molecule has 7 heteroatoms. The van der Waals surface area contributed by atoms with Crippen LogP contribution in [-0.2, 0) is 22.4 Å². The molecule has 0 spiro atoms. The second kappa shape index (κ2) is 10.2. The summed E-state index contributed by atoms with van der Waals surface area (Å²) in [5.74, 6) is 1.33. The Hall–Kier alpha value is -2.64. The highest BCUT2D eigenvalue weighted by Gasteiger charge is 2.17. The molecule has 0 radical (unpaired) electrons. The van der Waals surface area contributed by atoms with E-state index in [1.54, 1.807) is 18.3 Å². The molecule has 3 aromatic rings. The van der Waals surface area contributed by atoms with Crippen LogP contribution in [0, 0.1) is 6.92 Å². The van der Waals surface area contributed by atoms with Crippen molar-refractivity contribution in [2.75, 3.05) is 13.2 Å². The summed E-state index contributed by atoms with van der Waals surface area (Å²) in [6, 6.07) is 11.4. The van der Waals surface area contributed by atoms with Crippen LogP contribution in [0.25, 0.3) is 10.8 Å². The fourth-order valence-electron chi connectivity index (χ4n) is 2.95. The highest BCUT2D eigenvalue weighted by molar-refractivity contribution is 7.13. The Labute approximate surface area is 174 Å². The van der Waals surface area contributed by atoms with Gasteiger partial charge >= 0.3 is 5.97 Å². The van der Waals surface area contributed by atoms with E-state index in [0.717, 1.165) is 40.5 Å². The predicted octanol–water partition coefficient (Wildman–Crippen LogP) is 4.76. The number of carboxylic acids is 1. The topological polar surface area (TPSA) is 81.8 Å². The van der Waals surface area contributed by atoms with Crippen LogP contribution in [0.1, 0.15) is 30.4 Å². The fourth-order valence-corrected chi connectivity index (χ4v) is 3.60. The Bertz CT molecular complexity index is 902. The lowest BCUT2D eigenvalue weighted by molar-refractivity contribution is -0.149. The number of hydrogen-bond donors (Lipinski definition) is 1. The van der Waals surface area contributed by atoms with Crippen molar-refractivity contribution in [2.45, 2.75) is 39.2 Å². The van der Waals surface area contributed by atoms with Crippen LogP contribution in [0.15, 0.2) is 46.2 Å². The molecule has 154 valence electrons. The lowest BCUT2D eigenvalue weighted by Crippen LogP contribution is -2.26. The molecule has 1 atom stereocenters. The highest BCUT2D eigenvalue weighted by Crippen LogP contribution is 2.26. The van der Waals surface area contributed by atoms with Crippen LogP contribution in [0.3, 0.4) is 0 Å². The first-order valence-electron chi connectivity index (χ1n) is 9.63. The molecule has 3 rings (SSSR count). The molecule has 6 nitrogen and oxygen atoms in total. The maximum absolute atomic E-state index is 11.2. The molecule has 0 bridgehead atoms. The molecule has 29 heavy (non-hydrogen) atoms. The first-order valence-corrected chi connectivity index (χ1v) is 10.5. The number of aromatic nitrogens is 1. The molecule has 2 heterocycles. The van der Waals surface area contributed by atoms with Crippen molar-refractivity contribution in [3.05, 3.63) is 58.8 Å². The first kappa shape index (κ1) is 21.1. The van der Waals surface area contributed by atoms with Crippen LogP contribution in [0.5, 0.6) is 5.75 Å². The number of carbonyl (C=O) groups is 1. The Kier molecular flexibility index (Phi) is 7.43. The average Bonchev–Trinajstić information content (AvgIpc) is 3.36. The van der Waals surface area contributed by atoms with E-state index in [-0.39, 0.29) is 0 Å². The number of carboxylic acid groups (broad SMARTS) is 1. The van der Waals surface area contributed by atoms with Crippen molar-refractivity contribution in [2.24, 2.45) is 0 Å². The summed E-state index contributed by atoms with van der Waals surface area (Å²) in [6.45, 7) is 4.66. The number of thiophene rings is 1. The van der Waals surface area contributed by atoms with E-state index in [1.807, 2.05) is 48.7 Å². The van der Waals surface area contributed by atoms with E-state index in [1.165, 1.54) is 0 Å². The SMILES string of the molecule is CCO[C@H](Cc1ccc(OCCCc2nc(-c3cccs3)oc2C)cc1)C(=O)O.